The van der Waals surface area contributed by atoms with E-state index in [1.165, 1.54) is 12.8 Å². The van der Waals surface area contributed by atoms with Crippen LogP contribution in [-0.2, 0) is 9.53 Å². The fourth-order valence-electron chi connectivity index (χ4n) is 3.24. The summed E-state index contributed by atoms with van der Waals surface area (Å²) in [6.07, 6.45) is 6.34. The number of methoxy groups -OCH3 is 1. The molecule has 2 saturated heterocycles. The van der Waals surface area contributed by atoms with Crippen molar-refractivity contribution < 1.29 is 9.53 Å². The smallest absolute Gasteiger partial charge is 0.222 e. The van der Waals surface area contributed by atoms with E-state index < -0.39 is 0 Å². The summed E-state index contributed by atoms with van der Waals surface area (Å²) in [6.45, 7) is 6.01. The van der Waals surface area contributed by atoms with Crippen molar-refractivity contribution in [3.05, 3.63) is 0 Å². The normalized spacial score (nSPS) is 29.5. The molecule has 1 atom stereocenters. The van der Waals surface area contributed by atoms with Crippen LogP contribution in [0.15, 0.2) is 0 Å². The first kappa shape index (κ1) is 14.8. The van der Waals surface area contributed by atoms with E-state index >= 15 is 0 Å². The molecule has 1 unspecified atom stereocenters. The third kappa shape index (κ3) is 4.18. The maximum atomic E-state index is 12.3. The highest BCUT2D eigenvalue weighted by Crippen LogP contribution is 2.25. The summed E-state index contributed by atoms with van der Waals surface area (Å²) in [5.74, 6) is 1.06. The average Bonchev–Trinajstić information content (AvgIpc) is 2.46. The maximum absolute atomic E-state index is 12.3. The summed E-state index contributed by atoms with van der Waals surface area (Å²) in [5, 5.41) is 3.37. The molecule has 2 rings (SSSR count). The lowest BCUT2D eigenvalue weighted by atomic mass is 9.91. The first-order chi connectivity index (χ1) is 9.13. The first-order valence-corrected chi connectivity index (χ1v) is 7.67. The number of hydrogen-bond acceptors (Lipinski definition) is 3. The fourth-order valence-corrected chi connectivity index (χ4v) is 3.24. The Morgan fingerprint density at radius 1 is 1.42 bits per heavy atom. The second kappa shape index (κ2) is 6.71. The summed E-state index contributed by atoms with van der Waals surface area (Å²) >= 11 is 0. The number of rotatable bonds is 4. The van der Waals surface area contributed by atoms with Crippen molar-refractivity contribution in [1.29, 1.82) is 0 Å². The molecule has 2 aliphatic heterocycles. The van der Waals surface area contributed by atoms with Gasteiger partial charge in [-0.05, 0) is 58.0 Å². The minimum Gasteiger partial charge on any atom is -0.377 e. The number of carbonyl (C=O) groups excluding carboxylic acids is 1. The number of amides is 1. The van der Waals surface area contributed by atoms with Crippen molar-refractivity contribution in [2.75, 3.05) is 33.3 Å². The Labute approximate surface area is 116 Å². The molecule has 2 aliphatic rings. The van der Waals surface area contributed by atoms with Crippen LogP contribution >= 0.6 is 0 Å². The van der Waals surface area contributed by atoms with E-state index in [1.807, 2.05) is 4.90 Å². The van der Waals surface area contributed by atoms with Crippen LogP contribution in [0.1, 0.15) is 45.4 Å². The summed E-state index contributed by atoms with van der Waals surface area (Å²) in [5.41, 5.74) is -0.136. The third-order valence-electron chi connectivity index (χ3n) is 4.73. The lowest BCUT2D eigenvalue weighted by molar-refractivity contribution is -0.139. The van der Waals surface area contributed by atoms with Crippen molar-refractivity contribution in [3.8, 4) is 0 Å². The van der Waals surface area contributed by atoms with Crippen LogP contribution in [0.4, 0.5) is 0 Å². The number of ether oxygens (including phenoxy) is 1. The Morgan fingerprint density at radius 2 is 2.16 bits per heavy atom. The predicted octanol–water partition coefficient (Wildman–Crippen LogP) is 1.79. The maximum Gasteiger partial charge on any atom is 0.222 e. The summed E-state index contributed by atoms with van der Waals surface area (Å²) in [4.78, 5) is 14.3. The van der Waals surface area contributed by atoms with E-state index in [0.717, 1.165) is 51.4 Å². The molecule has 4 heteroatoms. The van der Waals surface area contributed by atoms with Gasteiger partial charge < -0.3 is 15.0 Å². The second-order valence-electron chi connectivity index (χ2n) is 6.30. The van der Waals surface area contributed by atoms with Gasteiger partial charge in [-0.15, -0.1) is 0 Å². The van der Waals surface area contributed by atoms with Crippen molar-refractivity contribution in [3.63, 3.8) is 0 Å². The molecule has 2 heterocycles. The SMILES string of the molecule is COC1(C)CCCN(C(=O)CCC2CCNCC2)C1. The Hall–Kier alpha value is -0.610. The summed E-state index contributed by atoms with van der Waals surface area (Å²) in [6, 6.07) is 0. The number of nitrogens with one attached hydrogen (secondary N) is 1. The van der Waals surface area contributed by atoms with Crippen LogP contribution < -0.4 is 5.32 Å². The Kier molecular flexibility index (Phi) is 5.22. The number of likely N-dealkylation sites (tertiary alicyclic amines) is 1. The van der Waals surface area contributed by atoms with Gasteiger partial charge >= 0.3 is 0 Å². The topological polar surface area (TPSA) is 41.6 Å². The number of carbonyl (C=O) groups is 1. The molecule has 0 spiro atoms. The van der Waals surface area contributed by atoms with Crippen molar-refractivity contribution in [2.24, 2.45) is 5.92 Å². The zero-order chi connectivity index (χ0) is 13.7. The molecule has 0 aromatic carbocycles. The Balaban J connectivity index is 1.76. The van der Waals surface area contributed by atoms with E-state index in [0.29, 0.717) is 12.3 Å². The highest BCUT2D eigenvalue weighted by molar-refractivity contribution is 5.76. The highest BCUT2D eigenvalue weighted by atomic mass is 16.5. The lowest BCUT2D eigenvalue weighted by Gasteiger charge is -2.39. The van der Waals surface area contributed by atoms with Gasteiger partial charge in [-0.3, -0.25) is 4.79 Å². The van der Waals surface area contributed by atoms with Crippen LogP contribution in [0, 0.1) is 5.92 Å². The number of piperidine rings is 2. The zero-order valence-electron chi connectivity index (χ0n) is 12.4. The number of nitrogens with zero attached hydrogens (tertiary/aromatic N) is 1. The van der Waals surface area contributed by atoms with Crippen molar-refractivity contribution in [2.45, 2.75) is 51.0 Å². The third-order valence-corrected chi connectivity index (χ3v) is 4.73. The van der Waals surface area contributed by atoms with Gasteiger partial charge in [0, 0.05) is 26.6 Å². The van der Waals surface area contributed by atoms with Crippen LogP contribution in [-0.4, -0.2) is 49.7 Å². The van der Waals surface area contributed by atoms with E-state index in [2.05, 4.69) is 12.2 Å². The first-order valence-electron chi connectivity index (χ1n) is 7.67. The minimum atomic E-state index is -0.136. The molecule has 2 fully saturated rings. The van der Waals surface area contributed by atoms with Gasteiger partial charge in [-0.25, -0.2) is 0 Å². The molecule has 110 valence electrons. The van der Waals surface area contributed by atoms with Gasteiger partial charge in [-0.1, -0.05) is 0 Å². The largest absolute Gasteiger partial charge is 0.377 e. The molecule has 19 heavy (non-hydrogen) atoms. The van der Waals surface area contributed by atoms with Gasteiger partial charge in [-0.2, -0.15) is 0 Å². The number of hydrogen-bond donors (Lipinski definition) is 1. The molecular formula is C15H28N2O2. The highest BCUT2D eigenvalue weighted by Gasteiger charge is 2.32. The quantitative estimate of drug-likeness (QED) is 0.845. The van der Waals surface area contributed by atoms with E-state index in [1.54, 1.807) is 7.11 Å². The predicted molar refractivity (Wildman–Crippen MR) is 76.1 cm³/mol. The van der Waals surface area contributed by atoms with Gasteiger partial charge in [0.25, 0.3) is 0 Å². The standard InChI is InChI=1S/C15H28N2O2/c1-15(19-2)8-3-11-17(12-15)14(18)5-4-13-6-9-16-10-7-13/h13,16H,3-12H2,1-2H3. The molecule has 0 bridgehead atoms. The summed E-state index contributed by atoms with van der Waals surface area (Å²) < 4.78 is 5.55. The average molecular weight is 268 g/mol. The van der Waals surface area contributed by atoms with Crippen LogP contribution in [0.5, 0.6) is 0 Å². The van der Waals surface area contributed by atoms with Gasteiger partial charge in [0.2, 0.25) is 5.91 Å². The van der Waals surface area contributed by atoms with Gasteiger partial charge in [0.05, 0.1) is 5.60 Å². The molecule has 1 amide bonds. The molecule has 0 aromatic rings. The Morgan fingerprint density at radius 3 is 2.84 bits per heavy atom. The lowest BCUT2D eigenvalue weighted by Crippen LogP contribution is -2.49. The van der Waals surface area contributed by atoms with Crippen molar-refractivity contribution in [1.82, 2.24) is 10.2 Å². The minimum absolute atomic E-state index is 0.136. The fraction of sp³-hybridized carbons (Fsp3) is 0.933. The summed E-state index contributed by atoms with van der Waals surface area (Å²) in [7, 11) is 1.75. The van der Waals surface area contributed by atoms with E-state index in [4.69, 9.17) is 4.74 Å². The second-order valence-corrected chi connectivity index (χ2v) is 6.30. The van der Waals surface area contributed by atoms with Crippen LogP contribution in [0.3, 0.4) is 0 Å². The zero-order valence-corrected chi connectivity index (χ0v) is 12.4. The molecule has 4 nitrogen and oxygen atoms in total. The van der Waals surface area contributed by atoms with Crippen molar-refractivity contribution >= 4 is 5.91 Å². The van der Waals surface area contributed by atoms with Crippen LogP contribution in [0.2, 0.25) is 0 Å². The van der Waals surface area contributed by atoms with E-state index in [9.17, 15) is 4.79 Å². The monoisotopic (exact) mass is 268 g/mol. The van der Waals surface area contributed by atoms with Crippen LogP contribution in [0.25, 0.3) is 0 Å². The molecule has 1 N–H and O–H groups in total. The molecule has 0 saturated carbocycles. The van der Waals surface area contributed by atoms with Gasteiger partial charge in [0.15, 0.2) is 0 Å². The molecule has 0 aliphatic carbocycles. The van der Waals surface area contributed by atoms with E-state index in [-0.39, 0.29) is 5.60 Å². The van der Waals surface area contributed by atoms with Gasteiger partial charge in [0.1, 0.15) is 0 Å². The Bertz CT molecular complexity index is 303. The molecule has 0 aromatic heterocycles. The molecular weight excluding hydrogens is 240 g/mol. The molecule has 0 radical (unpaired) electrons.